The molecule has 0 radical (unpaired) electrons. The van der Waals surface area contributed by atoms with Crippen LogP contribution in [0.5, 0.6) is 0 Å². The summed E-state index contributed by atoms with van der Waals surface area (Å²) >= 11 is 0. The van der Waals surface area contributed by atoms with Crippen LogP contribution in [0.25, 0.3) is 0 Å². The third-order valence-electron chi connectivity index (χ3n) is 4.04. The Morgan fingerprint density at radius 2 is 2.00 bits per heavy atom. The Balaban J connectivity index is 1.94. The average Bonchev–Trinajstić information content (AvgIpc) is 2.90. The van der Waals surface area contributed by atoms with Gasteiger partial charge in [-0.1, -0.05) is 6.92 Å². The largest absolute Gasteiger partial charge is 0.306 e. The molecule has 0 amide bonds. The van der Waals surface area contributed by atoms with E-state index in [1.165, 1.54) is 25.9 Å². The highest BCUT2D eigenvalue weighted by molar-refractivity contribution is 5.58. The lowest BCUT2D eigenvalue weighted by molar-refractivity contribution is -0.109. The van der Waals surface area contributed by atoms with Crippen molar-refractivity contribution in [1.82, 2.24) is 4.90 Å². The molecule has 0 aromatic rings. The fourth-order valence-electron chi connectivity index (χ4n) is 2.67. The maximum atomic E-state index is 10.6. The van der Waals surface area contributed by atoms with Crippen molar-refractivity contribution in [2.24, 2.45) is 17.3 Å². The average molecular weight is 181 g/mol. The number of hydrogen-bond donors (Lipinski definition) is 0. The molecule has 2 nitrogen and oxygen atoms in total. The Kier molecular flexibility index (Phi) is 2.18. The number of carbonyl (C=O) groups excluding carboxylic acids is 1. The van der Waals surface area contributed by atoms with Crippen molar-refractivity contribution in [3.8, 4) is 0 Å². The smallest absolute Gasteiger partial charge is 0.123 e. The summed E-state index contributed by atoms with van der Waals surface area (Å²) in [4.78, 5) is 13.0. The van der Waals surface area contributed by atoms with E-state index >= 15 is 0 Å². The van der Waals surface area contributed by atoms with Gasteiger partial charge in [0.2, 0.25) is 0 Å². The molecule has 0 spiro atoms. The molecule has 0 bridgehead atoms. The predicted molar refractivity (Wildman–Crippen MR) is 52.5 cm³/mol. The van der Waals surface area contributed by atoms with Crippen molar-refractivity contribution in [1.29, 1.82) is 0 Å². The standard InChI is InChI=1S/C11H19NO/c1-11(10-7-9(10)8-13)3-5-12(2)6-4-11/h8-10H,3-7H2,1-2H3/t9-,10-/m1/s1. The maximum absolute atomic E-state index is 10.6. The third kappa shape index (κ3) is 1.64. The van der Waals surface area contributed by atoms with Gasteiger partial charge in [-0.3, -0.25) is 0 Å². The summed E-state index contributed by atoms with van der Waals surface area (Å²) in [5.74, 6) is 1.10. The molecule has 2 fully saturated rings. The van der Waals surface area contributed by atoms with Gasteiger partial charge in [0.15, 0.2) is 0 Å². The Hall–Kier alpha value is -0.370. The molecule has 1 saturated carbocycles. The lowest BCUT2D eigenvalue weighted by atomic mass is 9.75. The van der Waals surface area contributed by atoms with E-state index in [4.69, 9.17) is 0 Å². The van der Waals surface area contributed by atoms with Gasteiger partial charge in [-0.15, -0.1) is 0 Å². The second kappa shape index (κ2) is 3.09. The first-order valence-corrected chi connectivity index (χ1v) is 5.29. The number of aldehydes is 1. The fraction of sp³-hybridized carbons (Fsp3) is 0.909. The van der Waals surface area contributed by atoms with Crippen LogP contribution in [0.15, 0.2) is 0 Å². The Morgan fingerprint density at radius 3 is 2.46 bits per heavy atom. The Bertz CT molecular complexity index is 206. The number of rotatable bonds is 2. The molecule has 1 aliphatic carbocycles. The van der Waals surface area contributed by atoms with Crippen molar-refractivity contribution in [3.05, 3.63) is 0 Å². The van der Waals surface area contributed by atoms with Crippen molar-refractivity contribution < 1.29 is 4.79 Å². The number of piperidine rings is 1. The highest BCUT2D eigenvalue weighted by Crippen LogP contribution is 2.54. The summed E-state index contributed by atoms with van der Waals surface area (Å²) < 4.78 is 0. The van der Waals surface area contributed by atoms with Crippen molar-refractivity contribution in [2.75, 3.05) is 20.1 Å². The Labute approximate surface area is 80.3 Å². The predicted octanol–water partition coefficient (Wildman–Crippen LogP) is 1.55. The molecule has 2 aliphatic rings. The topological polar surface area (TPSA) is 20.3 Å². The molecule has 1 heterocycles. The molecule has 2 heteroatoms. The van der Waals surface area contributed by atoms with E-state index in [-0.39, 0.29) is 0 Å². The molecule has 0 N–H and O–H groups in total. The van der Waals surface area contributed by atoms with Crippen LogP contribution in [0.1, 0.15) is 26.2 Å². The van der Waals surface area contributed by atoms with Crippen molar-refractivity contribution >= 4 is 6.29 Å². The van der Waals surface area contributed by atoms with Gasteiger partial charge < -0.3 is 9.69 Å². The van der Waals surface area contributed by atoms with E-state index in [2.05, 4.69) is 18.9 Å². The number of carbonyl (C=O) groups is 1. The summed E-state index contributed by atoms with van der Waals surface area (Å²) in [6.45, 7) is 4.78. The molecule has 1 saturated heterocycles. The second-order valence-electron chi connectivity index (χ2n) is 5.10. The van der Waals surface area contributed by atoms with Crippen LogP contribution in [-0.4, -0.2) is 31.3 Å². The molecular formula is C11H19NO. The summed E-state index contributed by atoms with van der Waals surface area (Å²) in [6, 6.07) is 0. The third-order valence-corrected chi connectivity index (χ3v) is 4.04. The highest BCUT2D eigenvalue weighted by atomic mass is 16.1. The van der Waals surface area contributed by atoms with Crippen LogP contribution in [0.3, 0.4) is 0 Å². The number of hydrogen-bond acceptors (Lipinski definition) is 2. The molecule has 0 aromatic heterocycles. The van der Waals surface area contributed by atoms with Crippen LogP contribution >= 0.6 is 0 Å². The number of likely N-dealkylation sites (tertiary alicyclic amines) is 1. The molecule has 2 atom stereocenters. The van der Waals surface area contributed by atoms with Gasteiger partial charge in [-0.25, -0.2) is 0 Å². The first-order valence-electron chi connectivity index (χ1n) is 5.29. The van der Waals surface area contributed by atoms with E-state index in [1.807, 2.05) is 0 Å². The first kappa shape index (κ1) is 9.20. The van der Waals surface area contributed by atoms with Crippen LogP contribution in [-0.2, 0) is 4.79 Å². The second-order valence-corrected chi connectivity index (χ2v) is 5.10. The first-order chi connectivity index (χ1) is 6.15. The van der Waals surface area contributed by atoms with Gasteiger partial charge in [0, 0.05) is 5.92 Å². The zero-order chi connectivity index (χ0) is 9.47. The van der Waals surface area contributed by atoms with E-state index < -0.39 is 0 Å². The summed E-state index contributed by atoms with van der Waals surface area (Å²) in [5.41, 5.74) is 0.470. The lowest BCUT2D eigenvalue weighted by Gasteiger charge is -2.38. The van der Waals surface area contributed by atoms with Crippen molar-refractivity contribution in [3.63, 3.8) is 0 Å². The molecule has 74 valence electrons. The van der Waals surface area contributed by atoms with E-state index in [0.29, 0.717) is 17.3 Å². The quantitative estimate of drug-likeness (QED) is 0.602. The lowest BCUT2D eigenvalue weighted by Crippen LogP contribution is -2.37. The van der Waals surface area contributed by atoms with Crippen molar-refractivity contribution in [2.45, 2.75) is 26.2 Å². The van der Waals surface area contributed by atoms with Gasteiger partial charge in [0.1, 0.15) is 6.29 Å². The van der Waals surface area contributed by atoms with Gasteiger partial charge in [0.05, 0.1) is 0 Å². The van der Waals surface area contributed by atoms with Crippen LogP contribution in [0, 0.1) is 17.3 Å². The molecule has 13 heavy (non-hydrogen) atoms. The SMILES string of the molecule is CN1CCC(C)([C@@H]2C[C@@H]2C=O)CC1. The summed E-state index contributed by atoms with van der Waals surface area (Å²) in [7, 11) is 2.18. The van der Waals surface area contributed by atoms with Crippen LogP contribution in [0.4, 0.5) is 0 Å². The van der Waals surface area contributed by atoms with Gasteiger partial charge >= 0.3 is 0 Å². The van der Waals surface area contributed by atoms with E-state index in [1.54, 1.807) is 0 Å². The van der Waals surface area contributed by atoms with Gasteiger partial charge in [0.25, 0.3) is 0 Å². The zero-order valence-corrected chi connectivity index (χ0v) is 8.62. The molecule has 1 aliphatic heterocycles. The maximum Gasteiger partial charge on any atom is 0.123 e. The molecule has 2 rings (SSSR count). The van der Waals surface area contributed by atoms with E-state index in [9.17, 15) is 4.79 Å². The minimum Gasteiger partial charge on any atom is -0.306 e. The van der Waals surface area contributed by atoms with Crippen LogP contribution in [0.2, 0.25) is 0 Å². The normalized spacial score (nSPS) is 38.6. The summed E-state index contributed by atoms with van der Waals surface area (Å²) in [5, 5.41) is 0. The van der Waals surface area contributed by atoms with Gasteiger partial charge in [-0.2, -0.15) is 0 Å². The monoisotopic (exact) mass is 181 g/mol. The van der Waals surface area contributed by atoms with Crippen LogP contribution < -0.4 is 0 Å². The highest BCUT2D eigenvalue weighted by Gasteiger charge is 2.50. The number of nitrogens with zero attached hydrogens (tertiary/aromatic N) is 1. The molecule has 0 aromatic carbocycles. The molecular weight excluding hydrogens is 162 g/mol. The summed E-state index contributed by atoms with van der Waals surface area (Å²) in [6.07, 6.45) is 4.87. The minimum atomic E-state index is 0.397. The van der Waals surface area contributed by atoms with Gasteiger partial charge in [-0.05, 0) is 50.7 Å². The fourth-order valence-corrected chi connectivity index (χ4v) is 2.67. The molecule has 0 unspecified atom stereocenters. The van der Waals surface area contributed by atoms with E-state index in [0.717, 1.165) is 12.7 Å². The minimum absolute atomic E-state index is 0.397. The zero-order valence-electron chi connectivity index (χ0n) is 8.62. The Morgan fingerprint density at radius 1 is 1.38 bits per heavy atom.